The Hall–Kier alpha value is -3.42. The number of oxime groups is 1. The summed E-state index contributed by atoms with van der Waals surface area (Å²) >= 11 is 0. The lowest BCUT2D eigenvalue weighted by Crippen LogP contribution is -2.55. The average Bonchev–Trinajstić information content (AvgIpc) is 3.49. The summed E-state index contributed by atoms with van der Waals surface area (Å²) in [6.07, 6.45) is 2.18. The lowest BCUT2D eigenvalue weighted by molar-refractivity contribution is -0.149. The van der Waals surface area contributed by atoms with E-state index in [0.717, 1.165) is 43.4 Å². The molecule has 0 spiro atoms. The van der Waals surface area contributed by atoms with Crippen LogP contribution in [0.5, 0.6) is 0 Å². The Labute approximate surface area is 223 Å². The molecule has 11 nitrogen and oxygen atoms in total. The number of hydrogen-bond acceptors (Lipinski definition) is 7. The number of anilines is 1. The van der Waals surface area contributed by atoms with Crippen LogP contribution in [0.25, 0.3) is 0 Å². The highest BCUT2D eigenvalue weighted by Gasteiger charge is 2.47. The van der Waals surface area contributed by atoms with Crippen molar-refractivity contribution in [3.05, 3.63) is 23.9 Å². The highest BCUT2D eigenvalue weighted by molar-refractivity contribution is 6.11. The lowest BCUT2D eigenvalue weighted by atomic mass is 9.79. The second-order valence-corrected chi connectivity index (χ2v) is 10.9. The van der Waals surface area contributed by atoms with Gasteiger partial charge in [0.25, 0.3) is 0 Å². The summed E-state index contributed by atoms with van der Waals surface area (Å²) < 4.78 is 39.0. The van der Waals surface area contributed by atoms with Gasteiger partial charge in [-0.25, -0.2) is 9.78 Å². The van der Waals surface area contributed by atoms with Crippen molar-refractivity contribution in [2.24, 2.45) is 22.9 Å². The molecule has 39 heavy (non-hydrogen) atoms. The molecule has 0 bridgehead atoms. The molecule has 3 fully saturated rings. The highest BCUT2D eigenvalue weighted by atomic mass is 19.4. The zero-order valence-electron chi connectivity index (χ0n) is 21.5. The van der Waals surface area contributed by atoms with Gasteiger partial charge in [-0.1, -0.05) is 24.9 Å². The van der Waals surface area contributed by atoms with Gasteiger partial charge in [0, 0.05) is 18.7 Å². The SMILES string of the molecule is CC1CCC([C@H](NC(=O)C2NON=C2C2CC2)C(=O)Nc2cc(CN3C[C@@H](C(F)(F)F)NC3=O)ccn2)CC1. The van der Waals surface area contributed by atoms with Crippen LogP contribution in [0.4, 0.5) is 23.8 Å². The molecule has 212 valence electrons. The van der Waals surface area contributed by atoms with E-state index in [1.54, 1.807) is 6.07 Å². The molecule has 1 aromatic heterocycles. The largest absolute Gasteiger partial charge is 0.410 e. The number of halogens is 3. The summed E-state index contributed by atoms with van der Waals surface area (Å²) in [7, 11) is 0. The van der Waals surface area contributed by atoms with E-state index in [1.165, 1.54) is 12.3 Å². The van der Waals surface area contributed by atoms with Crippen molar-refractivity contribution >= 4 is 29.4 Å². The fourth-order valence-electron chi connectivity index (χ4n) is 5.35. The molecule has 4 aliphatic rings. The van der Waals surface area contributed by atoms with Gasteiger partial charge in [-0.05, 0) is 55.2 Å². The lowest BCUT2D eigenvalue weighted by Gasteiger charge is -2.32. The summed E-state index contributed by atoms with van der Waals surface area (Å²) in [4.78, 5) is 48.9. The maximum atomic E-state index is 13.5. The van der Waals surface area contributed by atoms with E-state index in [0.29, 0.717) is 17.2 Å². The highest BCUT2D eigenvalue weighted by Crippen LogP contribution is 2.34. The topological polar surface area (TPSA) is 137 Å². The van der Waals surface area contributed by atoms with E-state index >= 15 is 0 Å². The van der Waals surface area contributed by atoms with E-state index in [1.807, 2.05) is 5.32 Å². The number of alkyl halides is 3. The van der Waals surface area contributed by atoms with Gasteiger partial charge in [-0.3, -0.25) is 14.5 Å². The van der Waals surface area contributed by atoms with Gasteiger partial charge in [-0.2, -0.15) is 13.2 Å². The monoisotopic (exact) mass is 551 g/mol. The molecule has 1 aromatic rings. The van der Waals surface area contributed by atoms with Crippen molar-refractivity contribution < 1.29 is 32.5 Å². The van der Waals surface area contributed by atoms with Crippen molar-refractivity contribution in [1.82, 2.24) is 26.0 Å². The molecule has 0 aromatic carbocycles. The second kappa shape index (κ2) is 11.0. The van der Waals surface area contributed by atoms with Gasteiger partial charge in [0.15, 0.2) is 6.04 Å². The van der Waals surface area contributed by atoms with E-state index in [2.05, 4.69) is 33.2 Å². The molecule has 4 amide bonds. The molecule has 14 heteroatoms. The molecule has 3 heterocycles. The number of amides is 4. The van der Waals surface area contributed by atoms with E-state index in [4.69, 9.17) is 4.94 Å². The molecule has 4 N–H and O–H groups in total. The number of nitrogens with one attached hydrogen (secondary N) is 4. The second-order valence-electron chi connectivity index (χ2n) is 10.9. The molecular formula is C25H32F3N7O4. The molecule has 2 aliphatic heterocycles. The minimum Gasteiger partial charge on any atom is -0.342 e. The maximum absolute atomic E-state index is 13.5. The first kappa shape index (κ1) is 27.2. The third-order valence-electron chi connectivity index (χ3n) is 7.82. The molecule has 0 radical (unpaired) electrons. The molecule has 1 unspecified atom stereocenters. The van der Waals surface area contributed by atoms with E-state index < -0.39 is 48.7 Å². The minimum atomic E-state index is -4.54. The Balaban J connectivity index is 1.26. The number of urea groups is 1. The fourth-order valence-corrected chi connectivity index (χ4v) is 5.35. The standard InChI is InChI=1S/C25H32F3N7O4/c1-13-2-4-16(5-3-13)20(32-23(37)21-19(15-6-7-15)33-39-34-21)22(36)31-18-10-14(8-9-29-18)11-35-12-17(25(26,27)28)30-24(35)38/h8-10,13,15-17,20-21,34H,2-7,11-12H2,1H3,(H,30,38)(H,32,37)(H,29,31,36)/t13?,16?,17-,20-,21?/m0/s1. The number of hydroxylamine groups is 1. The Morgan fingerprint density at radius 1 is 1.21 bits per heavy atom. The number of pyridine rings is 1. The van der Waals surface area contributed by atoms with Crippen LogP contribution in [0.1, 0.15) is 51.0 Å². The van der Waals surface area contributed by atoms with Crippen molar-refractivity contribution in [3.8, 4) is 0 Å². The number of nitrogens with zero attached hydrogens (tertiary/aromatic N) is 3. The van der Waals surface area contributed by atoms with Crippen molar-refractivity contribution in [3.63, 3.8) is 0 Å². The molecular weight excluding hydrogens is 519 g/mol. The summed E-state index contributed by atoms with van der Waals surface area (Å²) in [5.41, 5.74) is 3.76. The molecule has 2 saturated carbocycles. The van der Waals surface area contributed by atoms with Crippen LogP contribution in [-0.2, 0) is 21.1 Å². The number of hydrogen-bond donors (Lipinski definition) is 4. The minimum absolute atomic E-state index is 0.0791. The van der Waals surface area contributed by atoms with Gasteiger partial charge in [0.05, 0.1) is 12.3 Å². The summed E-state index contributed by atoms with van der Waals surface area (Å²) in [6.45, 7) is 1.57. The number of carbonyl (C=O) groups is 3. The van der Waals surface area contributed by atoms with E-state index in [9.17, 15) is 27.6 Å². The predicted molar refractivity (Wildman–Crippen MR) is 133 cm³/mol. The first-order valence-electron chi connectivity index (χ1n) is 13.3. The first-order valence-corrected chi connectivity index (χ1v) is 13.3. The van der Waals surface area contributed by atoms with Gasteiger partial charge < -0.3 is 20.9 Å². The predicted octanol–water partition coefficient (Wildman–Crippen LogP) is 2.46. The van der Waals surface area contributed by atoms with Crippen LogP contribution >= 0.6 is 0 Å². The van der Waals surface area contributed by atoms with Gasteiger partial charge in [-0.15, -0.1) is 5.48 Å². The molecule has 5 rings (SSSR count). The number of aromatic nitrogens is 1. The van der Waals surface area contributed by atoms with E-state index in [-0.39, 0.29) is 24.2 Å². The molecule has 2 aliphatic carbocycles. The zero-order chi connectivity index (χ0) is 27.7. The van der Waals surface area contributed by atoms with Crippen molar-refractivity contribution in [2.45, 2.75) is 76.3 Å². The Morgan fingerprint density at radius 3 is 2.62 bits per heavy atom. The summed E-state index contributed by atoms with van der Waals surface area (Å²) in [5, 5.41) is 11.6. The van der Waals surface area contributed by atoms with Gasteiger partial charge in [0.1, 0.15) is 17.9 Å². The Morgan fingerprint density at radius 2 is 1.95 bits per heavy atom. The zero-order valence-corrected chi connectivity index (χ0v) is 21.5. The number of carbonyl (C=O) groups excluding carboxylic acids is 3. The van der Waals surface area contributed by atoms with Crippen LogP contribution in [0.3, 0.4) is 0 Å². The molecule has 3 atom stereocenters. The van der Waals surface area contributed by atoms with Crippen molar-refractivity contribution in [1.29, 1.82) is 0 Å². The van der Waals surface area contributed by atoms with Crippen LogP contribution in [0.2, 0.25) is 0 Å². The first-order chi connectivity index (χ1) is 18.6. The van der Waals surface area contributed by atoms with Gasteiger partial charge >= 0.3 is 12.2 Å². The van der Waals surface area contributed by atoms with Crippen LogP contribution in [-0.4, -0.2) is 64.3 Å². The Kier molecular flexibility index (Phi) is 7.65. The third kappa shape index (κ3) is 6.43. The van der Waals surface area contributed by atoms with Gasteiger partial charge in [0.2, 0.25) is 11.8 Å². The summed E-state index contributed by atoms with van der Waals surface area (Å²) in [6, 6.07) is -1.25. The van der Waals surface area contributed by atoms with Crippen LogP contribution < -0.4 is 21.4 Å². The fraction of sp³-hybridized carbons (Fsp3) is 0.640. The normalized spacial score (nSPS) is 27.8. The summed E-state index contributed by atoms with van der Waals surface area (Å²) in [5.74, 6) is 0.0113. The maximum Gasteiger partial charge on any atom is 0.410 e. The average molecular weight is 552 g/mol. The van der Waals surface area contributed by atoms with Crippen LogP contribution in [0.15, 0.2) is 23.5 Å². The third-order valence-corrected chi connectivity index (χ3v) is 7.82. The molecule has 1 saturated heterocycles. The van der Waals surface area contributed by atoms with Crippen molar-refractivity contribution in [2.75, 3.05) is 11.9 Å². The smallest absolute Gasteiger partial charge is 0.342 e. The Bertz CT molecular complexity index is 1130. The van der Waals surface area contributed by atoms with Crippen LogP contribution in [0, 0.1) is 17.8 Å². The quantitative estimate of drug-likeness (QED) is 0.392. The number of rotatable bonds is 8.